The molecule has 0 aromatic heterocycles. The summed E-state index contributed by atoms with van der Waals surface area (Å²) in [4.78, 5) is 156. The second kappa shape index (κ2) is 75.1. The summed E-state index contributed by atoms with van der Waals surface area (Å²) in [6.45, 7) is 22.6. The maximum atomic E-state index is 14.3. The van der Waals surface area contributed by atoms with Gasteiger partial charge >= 0.3 is 5.97 Å². The number of nitrogens with two attached hydrogens (primary N) is 4. The molecular weight excluding hydrogens is 1410 g/mol. The highest BCUT2D eigenvalue weighted by molar-refractivity contribution is 5.94. The average Bonchev–Trinajstić information content (AvgIpc) is 0.862. The summed E-state index contributed by atoms with van der Waals surface area (Å²) in [5.41, 5.74) is 21.9. The summed E-state index contributed by atoms with van der Waals surface area (Å²) in [5, 5.41) is 78.6. The van der Waals surface area contributed by atoms with Crippen molar-refractivity contribution in [2.45, 2.75) is 140 Å². The molecule has 0 spiro atoms. The van der Waals surface area contributed by atoms with Gasteiger partial charge < -0.3 is 150 Å². The zero-order chi connectivity index (χ0) is 80.3. The topological polar surface area (TPSA) is 606 Å². The molecule has 0 bridgehead atoms. The number of unbranched alkanes of at least 4 members (excludes halogenated alkanes) is 3. The van der Waals surface area contributed by atoms with Crippen LogP contribution in [0.15, 0.2) is 0 Å². The normalized spacial score (nSPS) is 12.2. The van der Waals surface area contributed by atoms with E-state index in [9.17, 15) is 62.6 Å². The molecule has 0 rings (SSSR count). The summed E-state index contributed by atoms with van der Waals surface area (Å²) in [5.74, 6) is -6.68. The lowest BCUT2D eigenvalue weighted by Crippen LogP contribution is -2.55. The number of carboxylic acids is 1. The number of rotatable bonds is 79. The zero-order valence-electron chi connectivity index (χ0n) is 65.2. The Labute approximate surface area is 645 Å². The van der Waals surface area contributed by atoms with Crippen LogP contribution in [0.3, 0.4) is 0 Å². The SMILES string of the molecule is C[C@H](NC(=O)[C@H](CCCCNC(=O)[C@H](CCCCNC(=O)CCC(=O)NCCNCCNCCNCCN)NC(=O)CCC(=O)NCCNCCNCCNCCN)NC(=O)[C@H](CCCCNC(=O)CCC(=O)NCCNCCNCCNCCN)NC(=O)CCC(=O)NCCNCCNCCNCCN)C(=O)O. The predicted molar refractivity (Wildman–Crippen MR) is 421 cm³/mol. The van der Waals surface area contributed by atoms with Gasteiger partial charge in [-0.3, -0.25) is 57.5 Å². The second-order valence-corrected chi connectivity index (χ2v) is 25.9. The second-order valence-electron chi connectivity index (χ2n) is 25.9. The molecule has 32 N–H and O–H groups in total. The monoisotopic (exact) mass is 1560 g/mol. The first kappa shape index (κ1) is 102. The van der Waals surface area contributed by atoms with Gasteiger partial charge in [0.15, 0.2) is 0 Å². The summed E-state index contributed by atoms with van der Waals surface area (Å²) in [6.07, 6.45) is 0.994. The molecule has 40 heteroatoms. The Morgan fingerprint density at radius 1 is 0.229 bits per heavy atom. The first-order valence-corrected chi connectivity index (χ1v) is 39.5. The van der Waals surface area contributed by atoms with Gasteiger partial charge in [0.2, 0.25) is 65.0 Å². The molecule has 0 saturated carbocycles. The van der Waals surface area contributed by atoms with Crippen molar-refractivity contribution < 1.29 is 62.6 Å². The standard InChI is InChI=1S/C69H143N27O13/c1-54(69(108)109)93-67(106)57(96-68(107)56(95-65(104)18-16-63(102)91-53-49-85-45-41-81-37-33-77-29-22-73)9-3-6-24-87-59(98)12-14-61(100)89-51-47-83-43-39-79-35-31-75-27-20-71)10-4-7-25-92-66(105)55(94-64(103)17-15-62(101)90-52-48-84-44-40-80-36-32-76-28-21-72)8-2-5-23-86-58(97)11-13-60(99)88-50-46-82-42-38-78-34-30-74-26-19-70/h54-57,74-85H,2-53,70-73H2,1H3,(H,86,97)(H,87,98)(H,88,99)(H,89,100)(H,90,101)(H,91,102)(H,92,105)(H,93,106)(H,94,103)(H,95,104)(H,96,107)(H,108,109)/t54-,55-,56-,57-/m0/s1. The number of carbonyl (C=O) groups is 12. The third-order valence-corrected chi connectivity index (χ3v) is 16.3. The van der Waals surface area contributed by atoms with Crippen molar-refractivity contribution in [1.82, 2.24) is 122 Å². The minimum Gasteiger partial charge on any atom is -0.480 e. The Kier molecular flexibility index (Phi) is 70.2. The van der Waals surface area contributed by atoms with E-state index in [0.717, 1.165) is 105 Å². The molecule has 109 heavy (non-hydrogen) atoms. The Balaban J connectivity index is 5.91. The Morgan fingerprint density at radius 3 is 0.688 bits per heavy atom. The van der Waals surface area contributed by atoms with E-state index in [2.05, 4.69) is 122 Å². The van der Waals surface area contributed by atoms with E-state index >= 15 is 0 Å². The van der Waals surface area contributed by atoms with Gasteiger partial charge in [-0.2, -0.15) is 0 Å². The number of aliphatic carboxylic acids is 1. The first-order chi connectivity index (χ1) is 52.9. The van der Waals surface area contributed by atoms with Crippen molar-refractivity contribution in [1.29, 1.82) is 0 Å². The minimum absolute atomic E-state index is 0.00460. The van der Waals surface area contributed by atoms with Crippen LogP contribution in [0.2, 0.25) is 0 Å². The fraction of sp³-hybridized carbons (Fsp3) is 0.826. The fourth-order valence-corrected chi connectivity index (χ4v) is 10.1. The lowest BCUT2D eigenvalue weighted by molar-refractivity contribution is -0.142. The van der Waals surface area contributed by atoms with Crippen molar-refractivity contribution in [2.75, 3.05) is 229 Å². The van der Waals surface area contributed by atoms with Gasteiger partial charge in [0.05, 0.1) is 0 Å². The molecule has 0 aliphatic carbocycles. The number of hydrogen-bond donors (Lipinski definition) is 28. The first-order valence-electron chi connectivity index (χ1n) is 39.5. The molecule has 0 heterocycles. The quantitative estimate of drug-likeness (QED) is 0.0251. The molecule has 0 unspecified atom stereocenters. The molecular formula is C69H143N27O13. The van der Waals surface area contributed by atoms with Gasteiger partial charge in [0, 0.05) is 280 Å². The number of amides is 11. The van der Waals surface area contributed by atoms with Crippen molar-refractivity contribution in [2.24, 2.45) is 22.9 Å². The summed E-state index contributed by atoms with van der Waals surface area (Å²) < 4.78 is 0. The smallest absolute Gasteiger partial charge is 0.325 e. The molecule has 0 aromatic rings. The van der Waals surface area contributed by atoms with Crippen molar-refractivity contribution in [3.8, 4) is 0 Å². The molecule has 632 valence electrons. The van der Waals surface area contributed by atoms with Crippen LogP contribution < -0.4 is 145 Å². The third kappa shape index (κ3) is 67.6. The number of nitrogens with one attached hydrogen (secondary N) is 23. The van der Waals surface area contributed by atoms with Gasteiger partial charge in [0.25, 0.3) is 0 Å². The number of carbonyl (C=O) groups excluding carboxylic acids is 11. The van der Waals surface area contributed by atoms with Gasteiger partial charge in [0.1, 0.15) is 24.2 Å². The Morgan fingerprint density at radius 2 is 0.431 bits per heavy atom. The Bertz CT molecular complexity index is 2420. The van der Waals surface area contributed by atoms with Crippen LogP contribution >= 0.6 is 0 Å². The zero-order valence-corrected chi connectivity index (χ0v) is 65.2. The van der Waals surface area contributed by atoms with Crippen LogP contribution in [0.25, 0.3) is 0 Å². The predicted octanol–water partition coefficient (Wildman–Crippen LogP) is -10.6. The summed E-state index contributed by atoms with van der Waals surface area (Å²) in [7, 11) is 0. The number of hydrogen-bond acceptors (Lipinski definition) is 28. The highest BCUT2D eigenvalue weighted by Crippen LogP contribution is 2.09. The summed E-state index contributed by atoms with van der Waals surface area (Å²) >= 11 is 0. The van der Waals surface area contributed by atoms with Crippen LogP contribution in [0, 0.1) is 0 Å². The van der Waals surface area contributed by atoms with Crippen molar-refractivity contribution in [3.05, 3.63) is 0 Å². The van der Waals surface area contributed by atoms with Crippen LogP contribution in [0.4, 0.5) is 0 Å². The largest absolute Gasteiger partial charge is 0.480 e. The molecule has 0 aliphatic rings. The molecule has 0 aliphatic heterocycles. The van der Waals surface area contributed by atoms with E-state index < -0.39 is 65.6 Å². The Hall–Kier alpha value is -7.00. The van der Waals surface area contributed by atoms with Crippen molar-refractivity contribution >= 4 is 70.9 Å². The molecule has 11 amide bonds. The molecule has 40 nitrogen and oxygen atoms in total. The van der Waals surface area contributed by atoms with Crippen LogP contribution in [0.1, 0.15) is 116 Å². The van der Waals surface area contributed by atoms with E-state index in [4.69, 9.17) is 22.9 Å². The average molecular weight is 1560 g/mol. The van der Waals surface area contributed by atoms with E-state index in [1.165, 1.54) is 6.92 Å². The molecule has 0 aromatic carbocycles. The van der Waals surface area contributed by atoms with Crippen molar-refractivity contribution in [3.63, 3.8) is 0 Å². The maximum absolute atomic E-state index is 14.3. The lowest BCUT2D eigenvalue weighted by atomic mass is 10.0. The summed E-state index contributed by atoms with van der Waals surface area (Å²) in [6, 6.07) is -5.00. The lowest BCUT2D eigenvalue weighted by Gasteiger charge is -2.24. The molecule has 0 radical (unpaired) electrons. The third-order valence-electron chi connectivity index (χ3n) is 16.3. The minimum atomic E-state index is -1.36. The van der Waals surface area contributed by atoms with E-state index in [0.29, 0.717) is 124 Å². The van der Waals surface area contributed by atoms with Gasteiger partial charge in [-0.1, -0.05) is 0 Å². The van der Waals surface area contributed by atoms with E-state index in [-0.39, 0.29) is 139 Å². The maximum Gasteiger partial charge on any atom is 0.325 e. The van der Waals surface area contributed by atoms with Gasteiger partial charge in [-0.25, -0.2) is 0 Å². The van der Waals surface area contributed by atoms with E-state index in [1.54, 1.807) is 0 Å². The molecule has 0 fully saturated rings. The van der Waals surface area contributed by atoms with Gasteiger partial charge in [-0.05, 0) is 64.7 Å². The van der Waals surface area contributed by atoms with Crippen LogP contribution in [-0.2, 0) is 57.5 Å². The molecule has 0 saturated heterocycles. The molecule has 4 atom stereocenters. The van der Waals surface area contributed by atoms with Crippen LogP contribution in [-0.4, -0.2) is 329 Å². The number of carboxylic acid groups (broad SMARTS) is 1. The van der Waals surface area contributed by atoms with Crippen LogP contribution in [0.5, 0.6) is 0 Å². The van der Waals surface area contributed by atoms with E-state index in [1.807, 2.05) is 0 Å². The highest BCUT2D eigenvalue weighted by Gasteiger charge is 2.29. The van der Waals surface area contributed by atoms with Gasteiger partial charge in [-0.15, -0.1) is 0 Å². The highest BCUT2D eigenvalue weighted by atomic mass is 16.4. The fourth-order valence-electron chi connectivity index (χ4n) is 10.1.